The van der Waals surface area contributed by atoms with Crippen molar-refractivity contribution in [3.63, 3.8) is 0 Å². The topological polar surface area (TPSA) is 182 Å². The van der Waals surface area contributed by atoms with Crippen LogP contribution < -0.4 is 25.4 Å². The third-order valence-electron chi connectivity index (χ3n) is 8.38. The second-order valence-electron chi connectivity index (χ2n) is 14.2. The molecule has 0 unspecified atom stereocenters. The van der Waals surface area contributed by atoms with Crippen LogP contribution >= 0.6 is 0 Å². The zero-order valence-corrected chi connectivity index (χ0v) is 30.8. The number of amides is 3. The summed E-state index contributed by atoms with van der Waals surface area (Å²) in [5, 5.41) is 20.0. The van der Waals surface area contributed by atoms with Crippen LogP contribution in [0.3, 0.4) is 0 Å². The first-order chi connectivity index (χ1) is 23.5. The number of aliphatic hydroxyl groups is 1. The lowest BCUT2D eigenvalue weighted by Gasteiger charge is -2.36. The van der Waals surface area contributed by atoms with E-state index in [4.69, 9.17) is 14.2 Å². The Morgan fingerprint density at radius 3 is 2.22 bits per heavy atom. The maximum Gasteiger partial charge on any atom is 0.407 e. The minimum atomic E-state index is -4.22. The van der Waals surface area contributed by atoms with Gasteiger partial charge in [0.25, 0.3) is 0 Å². The zero-order valence-electron chi connectivity index (χ0n) is 30.0. The van der Waals surface area contributed by atoms with E-state index in [9.17, 15) is 27.9 Å². The summed E-state index contributed by atoms with van der Waals surface area (Å²) < 4.78 is 50.1. The van der Waals surface area contributed by atoms with Crippen LogP contribution in [-0.4, -0.2) is 94.8 Å². The fourth-order valence-electron chi connectivity index (χ4n) is 5.59. The molecule has 1 aliphatic rings. The Balaban J connectivity index is 1.93. The van der Waals surface area contributed by atoms with Gasteiger partial charge in [-0.25, -0.2) is 18.0 Å². The van der Waals surface area contributed by atoms with Gasteiger partial charge in [-0.1, -0.05) is 71.4 Å². The summed E-state index contributed by atoms with van der Waals surface area (Å²) in [7, 11) is -1.73. The minimum Gasteiger partial charge on any atom is -0.454 e. The Labute approximate surface area is 295 Å². The average Bonchev–Trinajstić information content (AvgIpc) is 3.54. The second kappa shape index (κ2) is 17.7. The number of fused-ring (bicyclic) bond motifs is 1. The summed E-state index contributed by atoms with van der Waals surface area (Å²) in [6.45, 7) is 9.27. The molecule has 3 rings (SSSR count). The number of nitrogens with one attached hydrogen (secondary N) is 3. The number of rotatable bonds is 17. The highest BCUT2D eigenvalue weighted by Crippen LogP contribution is 2.36. The van der Waals surface area contributed by atoms with Gasteiger partial charge < -0.3 is 40.0 Å². The largest absolute Gasteiger partial charge is 0.454 e. The lowest BCUT2D eigenvalue weighted by atomic mass is 9.85. The fourth-order valence-corrected chi connectivity index (χ4v) is 7.25. The van der Waals surface area contributed by atoms with Crippen LogP contribution in [0, 0.1) is 10.8 Å². The highest BCUT2D eigenvalue weighted by atomic mass is 32.2. The van der Waals surface area contributed by atoms with Crippen LogP contribution in [0.2, 0.25) is 0 Å². The second-order valence-corrected chi connectivity index (χ2v) is 16.1. The Bertz CT molecular complexity index is 1550. The molecule has 278 valence electrons. The summed E-state index contributed by atoms with van der Waals surface area (Å²) >= 11 is 0. The third-order valence-corrected chi connectivity index (χ3v) is 10.2. The molecule has 0 saturated heterocycles. The van der Waals surface area contributed by atoms with Crippen LogP contribution in [0.1, 0.15) is 59.4 Å². The Morgan fingerprint density at radius 2 is 1.58 bits per heavy atom. The summed E-state index contributed by atoms with van der Waals surface area (Å²) in [5.41, 5.74) is -0.490. The fraction of sp³-hybridized carbons (Fsp3) is 0.571. The van der Waals surface area contributed by atoms with Gasteiger partial charge in [0, 0.05) is 25.7 Å². The van der Waals surface area contributed by atoms with E-state index in [-0.39, 0.29) is 31.2 Å². The lowest BCUT2D eigenvalue weighted by Crippen LogP contribution is -2.59. The van der Waals surface area contributed by atoms with Gasteiger partial charge in [0.2, 0.25) is 22.7 Å². The van der Waals surface area contributed by atoms with Crippen molar-refractivity contribution in [2.45, 2.75) is 83.4 Å². The van der Waals surface area contributed by atoms with E-state index in [0.29, 0.717) is 37.3 Å². The Kier molecular flexibility index (Phi) is 14.3. The highest BCUT2D eigenvalue weighted by Gasteiger charge is 2.38. The number of carbonyl (C=O) groups excluding carboxylic acids is 3. The first-order valence-corrected chi connectivity index (χ1v) is 18.0. The minimum absolute atomic E-state index is 0.0274. The Hall–Kier alpha value is -4.08. The summed E-state index contributed by atoms with van der Waals surface area (Å²) in [5.74, 6) is 0.162. The monoisotopic (exact) mass is 720 g/mol. The predicted octanol–water partition coefficient (Wildman–Crippen LogP) is 3.82. The van der Waals surface area contributed by atoms with Crippen LogP contribution in [-0.2, 0) is 30.7 Å². The number of hydrogen-bond acceptors (Lipinski definition) is 10. The smallest absolute Gasteiger partial charge is 0.407 e. The molecular weight excluding hydrogens is 668 g/mol. The molecule has 15 heteroatoms. The molecule has 2 aromatic rings. The molecule has 0 aromatic heterocycles. The summed E-state index contributed by atoms with van der Waals surface area (Å²) in [6.07, 6.45) is -0.563. The number of hydrogen-bond donors (Lipinski definition) is 4. The van der Waals surface area contributed by atoms with Gasteiger partial charge in [-0.05, 0) is 47.8 Å². The van der Waals surface area contributed by atoms with Gasteiger partial charge in [-0.3, -0.25) is 4.79 Å². The quantitative estimate of drug-likeness (QED) is 0.176. The number of unbranched alkanes of at least 4 members (excludes halogenated alkanes) is 1. The summed E-state index contributed by atoms with van der Waals surface area (Å²) in [4.78, 5) is 37.3. The van der Waals surface area contributed by atoms with Crippen molar-refractivity contribution >= 4 is 28.1 Å². The average molecular weight is 721 g/mol. The maximum atomic E-state index is 14.3. The van der Waals surface area contributed by atoms with Gasteiger partial charge in [0.1, 0.15) is 6.04 Å². The highest BCUT2D eigenvalue weighted by molar-refractivity contribution is 7.89. The number of sulfonamides is 1. The van der Waals surface area contributed by atoms with Crippen LogP contribution in [0.15, 0.2) is 53.4 Å². The van der Waals surface area contributed by atoms with Gasteiger partial charge in [0.15, 0.2) is 11.5 Å². The zero-order chi connectivity index (χ0) is 37.1. The van der Waals surface area contributed by atoms with E-state index >= 15 is 0 Å². The van der Waals surface area contributed by atoms with E-state index < -0.39 is 57.1 Å². The van der Waals surface area contributed by atoms with Gasteiger partial charge in [0.05, 0.1) is 31.3 Å². The molecule has 0 spiro atoms. The molecule has 14 nitrogen and oxygen atoms in total. The molecule has 3 amide bonds. The number of nitrogens with zero attached hydrogens (tertiary/aromatic N) is 1. The van der Waals surface area contributed by atoms with Crippen molar-refractivity contribution in [2.75, 3.05) is 40.6 Å². The molecule has 2 aromatic carbocycles. The van der Waals surface area contributed by atoms with Crippen LogP contribution in [0.4, 0.5) is 9.59 Å². The van der Waals surface area contributed by atoms with Crippen LogP contribution in [0.5, 0.6) is 11.5 Å². The number of methoxy groups -OCH3 is 2. The molecule has 0 radical (unpaired) electrons. The van der Waals surface area contributed by atoms with Gasteiger partial charge in [-0.2, -0.15) is 4.31 Å². The maximum absolute atomic E-state index is 14.3. The van der Waals surface area contributed by atoms with Crippen molar-refractivity contribution in [3.8, 4) is 11.5 Å². The van der Waals surface area contributed by atoms with E-state index in [2.05, 4.69) is 20.7 Å². The molecule has 0 aliphatic carbocycles. The molecule has 0 saturated carbocycles. The molecular formula is C35H52N4O10S. The SMILES string of the molecule is COC(=O)NCCCCC(C)(C)CN(C[C@@H](O)[C@H](Cc1ccccc1)NC(=O)[C@@H](NC(=O)OC)C(C)(C)C)S(=O)(=O)c1ccc2c(c1)OCO2. The van der Waals surface area contributed by atoms with Crippen molar-refractivity contribution in [3.05, 3.63) is 54.1 Å². The van der Waals surface area contributed by atoms with Gasteiger partial charge in [-0.15, -0.1) is 0 Å². The molecule has 1 heterocycles. The molecule has 1 aliphatic heterocycles. The first kappa shape index (κ1) is 40.4. The predicted molar refractivity (Wildman–Crippen MR) is 186 cm³/mol. The van der Waals surface area contributed by atoms with E-state index in [1.165, 1.54) is 36.7 Å². The molecule has 3 atom stereocenters. The summed E-state index contributed by atoms with van der Waals surface area (Å²) in [6, 6.07) is 11.6. The number of carbonyl (C=O) groups is 3. The Morgan fingerprint density at radius 1 is 0.920 bits per heavy atom. The number of ether oxygens (including phenoxy) is 4. The molecule has 4 N–H and O–H groups in total. The standard InChI is InChI=1S/C35H52N4O10S/c1-34(2,3)30(38-33(43)47-7)31(41)37-26(19-24-13-9-8-10-14-24)27(40)21-39(22-35(4,5)17-11-12-18-36-32(42)46-6)50(44,45)25-15-16-28-29(20-25)49-23-48-28/h8-10,13-16,20,26-27,30,40H,11-12,17-19,21-23H2,1-7H3,(H,36,42)(H,37,41)(H,38,43)/t26-,27+,30+/m0/s1. The van der Waals surface area contributed by atoms with Crippen molar-refractivity contribution in [2.24, 2.45) is 10.8 Å². The van der Waals surface area contributed by atoms with Crippen molar-refractivity contribution in [1.29, 1.82) is 0 Å². The van der Waals surface area contributed by atoms with Crippen molar-refractivity contribution in [1.82, 2.24) is 20.3 Å². The third kappa shape index (κ3) is 11.8. The number of alkyl carbamates (subject to hydrolysis) is 2. The van der Waals surface area contributed by atoms with Crippen LogP contribution in [0.25, 0.3) is 0 Å². The van der Waals surface area contributed by atoms with E-state index in [1.54, 1.807) is 20.8 Å². The molecule has 0 bridgehead atoms. The number of aliphatic hydroxyl groups excluding tert-OH is 1. The molecule has 50 heavy (non-hydrogen) atoms. The number of benzene rings is 2. The molecule has 0 fully saturated rings. The van der Waals surface area contributed by atoms with E-state index in [1.807, 2.05) is 44.2 Å². The first-order valence-electron chi connectivity index (χ1n) is 16.6. The normalized spacial score (nSPS) is 14.7. The van der Waals surface area contributed by atoms with E-state index in [0.717, 1.165) is 5.56 Å². The van der Waals surface area contributed by atoms with Gasteiger partial charge >= 0.3 is 12.2 Å². The lowest BCUT2D eigenvalue weighted by molar-refractivity contribution is -0.127. The van der Waals surface area contributed by atoms with Crippen molar-refractivity contribution < 1.29 is 46.9 Å².